The Morgan fingerprint density at radius 2 is 1.94 bits per heavy atom. The summed E-state index contributed by atoms with van der Waals surface area (Å²) in [6.07, 6.45) is 3.83. The van der Waals surface area contributed by atoms with Crippen molar-refractivity contribution in [2.75, 3.05) is 33.7 Å². The number of halogens is 2. The molecule has 0 saturated carbocycles. The first-order valence-corrected chi connectivity index (χ1v) is 11.8. The lowest BCUT2D eigenvalue weighted by atomic mass is 10.2. The van der Waals surface area contributed by atoms with Crippen molar-refractivity contribution in [3.05, 3.63) is 53.4 Å². The van der Waals surface area contributed by atoms with Crippen molar-refractivity contribution in [2.45, 2.75) is 0 Å². The predicted octanol–water partition coefficient (Wildman–Crippen LogP) is 2.91. The van der Waals surface area contributed by atoms with Crippen LogP contribution in [0.5, 0.6) is 5.75 Å². The van der Waals surface area contributed by atoms with Crippen LogP contribution in [0.2, 0.25) is 5.02 Å². The average molecular weight is 508 g/mol. The summed E-state index contributed by atoms with van der Waals surface area (Å²) < 4.78 is 45.6. The first-order valence-electron chi connectivity index (χ1n) is 9.57. The monoisotopic (exact) mass is 507 g/mol. The van der Waals surface area contributed by atoms with Crippen molar-refractivity contribution < 1.29 is 17.5 Å². The van der Waals surface area contributed by atoms with E-state index in [-0.39, 0.29) is 28.2 Å². The van der Waals surface area contributed by atoms with E-state index in [1.54, 1.807) is 23.2 Å². The van der Waals surface area contributed by atoms with Crippen molar-refractivity contribution in [3.63, 3.8) is 0 Å². The number of sulfonamides is 1. The fourth-order valence-corrected chi connectivity index (χ4v) is 3.60. The number of benzene rings is 2. The number of nitrogens with zero attached hydrogens (tertiary/aromatic N) is 4. The average Bonchev–Trinajstić information content (AvgIpc) is 3.32. The summed E-state index contributed by atoms with van der Waals surface area (Å²) >= 11 is 6.25. The smallest absolute Gasteiger partial charge is 0.229 e. The summed E-state index contributed by atoms with van der Waals surface area (Å²) in [6, 6.07) is 9.10. The van der Waals surface area contributed by atoms with Crippen LogP contribution in [0, 0.1) is 5.82 Å². The minimum atomic E-state index is -3.58. The second-order valence-electron chi connectivity index (χ2n) is 6.93. The van der Waals surface area contributed by atoms with Crippen LogP contribution < -0.4 is 36.2 Å². The zero-order chi connectivity index (χ0) is 24.3. The first kappa shape index (κ1) is 23.3. The number of nitrogens with one attached hydrogen (secondary N) is 5. The van der Waals surface area contributed by atoms with Crippen LogP contribution in [0.1, 0.15) is 0 Å². The molecule has 178 valence electrons. The number of aromatic nitrogens is 2. The van der Waals surface area contributed by atoms with Crippen molar-refractivity contribution >= 4 is 62.5 Å². The second kappa shape index (κ2) is 9.54. The molecule has 15 heteroatoms. The Balaban J connectivity index is 1.62. The summed E-state index contributed by atoms with van der Waals surface area (Å²) in [6.45, 7) is 0. The number of methoxy groups -OCH3 is 1. The number of hydrazine groups is 2. The molecule has 12 nitrogen and oxygen atoms in total. The molecule has 5 N–H and O–H groups in total. The highest BCUT2D eigenvalue weighted by Crippen LogP contribution is 2.33. The van der Waals surface area contributed by atoms with Crippen molar-refractivity contribution in [1.29, 1.82) is 0 Å². The molecule has 0 radical (unpaired) electrons. The number of rotatable bonds is 8. The third-order valence-corrected chi connectivity index (χ3v) is 5.27. The Kier molecular flexibility index (Phi) is 6.54. The van der Waals surface area contributed by atoms with Gasteiger partial charge in [0.2, 0.25) is 16.0 Å². The van der Waals surface area contributed by atoms with Gasteiger partial charge in [0.05, 0.1) is 42.3 Å². The Morgan fingerprint density at radius 1 is 1.12 bits per heavy atom. The van der Waals surface area contributed by atoms with Gasteiger partial charge < -0.3 is 15.4 Å². The third-order valence-electron chi connectivity index (χ3n) is 4.40. The van der Waals surface area contributed by atoms with E-state index in [2.05, 4.69) is 41.5 Å². The molecule has 0 bridgehead atoms. The maximum atomic E-state index is 14.4. The van der Waals surface area contributed by atoms with E-state index in [0.717, 1.165) is 6.26 Å². The quantitative estimate of drug-likeness (QED) is 0.308. The van der Waals surface area contributed by atoms with E-state index in [4.69, 9.17) is 16.3 Å². The molecule has 34 heavy (non-hydrogen) atoms. The van der Waals surface area contributed by atoms with Gasteiger partial charge in [0.1, 0.15) is 22.9 Å². The minimum Gasteiger partial charge on any atom is -0.497 e. The van der Waals surface area contributed by atoms with E-state index in [9.17, 15) is 12.8 Å². The fourth-order valence-electron chi connectivity index (χ4n) is 2.89. The molecule has 1 aliphatic rings. The highest BCUT2D eigenvalue weighted by molar-refractivity contribution is 7.92. The molecule has 3 aromatic rings. The van der Waals surface area contributed by atoms with Gasteiger partial charge in [0, 0.05) is 6.07 Å². The fraction of sp³-hybridized carbons (Fsp3) is 0.105. The molecule has 1 aliphatic heterocycles. The lowest BCUT2D eigenvalue weighted by Crippen LogP contribution is -2.37. The van der Waals surface area contributed by atoms with E-state index >= 15 is 0 Å². The van der Waals surface area contributed by atoms with Crippen LogP contribution in [0.3, 0.4) is 0 Å². The highest BCUT2D eigenvalue weighted by atomic mass is 35.5. The topological polar surface area (TPSA) is 145 Å². The Morgan fingerprint density at radius 3 is 2.65 bits per heavy atom. The van der Waals surface area contributed by atoms with Gasteiger partial charge in [0.15, 0.2) is 5.82 Å². The van der Waals surface area contributed by atoms with Crippen molar-refractivity contribution in [2.24, 2.45) is 5.10 Å². The molecular weight excluding hydrogens is 489 g/mol. The van der Waals surface area contributed by atoms with Crippen LogP contribution in [0.25, 0.3) is 0 Å². The van der Waals surface area contributed by atoms with Crippen LogP contribution in [0.15, 0.2) is 47.7 Å². The Hall–Kier alpha value is -3.88. The molecular formula is C19H19ClFN9O3S. The molecule has 0 atom stereocenters. The maximum Gasteiger partial charge on any atom is 0.229 e. The van der Waals surface area contributed by atoms with Crippen LogP contribution in [-0.4, -0.2) is 38.1 Å². The minimum absolute atomic E-state index is 0.0512. The Bertz CT molecular complexity index is 1360. The maximum absolute atomic E-state index is 14.4. The third kappa shape index (κ3) is 5.54. The summed E-state index contributed by atoms with van der Waals surface area (Å²) in [5.74, 6) is 0.122. The van der Waals surface area contributed by atoms with Crippen LogP contribution in [-0.2, 0) is 10.0 Å². The standard InChI is InChI=1S/C19H19ClFN9O3S/c1-33-12-4-6-15(17(8-12)27-34(2,31)32)24-18-13(20)9-22-19(26-18)25-16-7-11(3-5-14(16)21)30-10-23-28-29-30/h3-10,27-29H,1-2H3,(H2,22,24,25,26). The summed E-state index contributed by atoms with van der Waals surface area (Å²) in [4.78, 5) is 8.40. The second-order valence-corrected chi connectivity index (χ2v) is 9.08. The van der Waals surface area contributed by atoms with E-state index in [1.807, 2.05) is 0 Å². The molecule has 0 unspecified atom stereocenters. The lowest BCUT2D eigenvalue weighted by molar-refractivity contribution is 0.415. The van der Waals surface area contributed by atoms with Crippen molar-refractivity contribution in [1.82, 2.24) is 21.0 Å². The molecule has 0 spiro atoms. The van der Waals surface area contributed by atoms with Gasteiger partial charge in [-0.05, 0) is 30.3 Å². The molecule has 2 aromatic carbocycles. The molecule has 4 rings (SSSR count). The van der Waals surface area contributed by atoms with Gasteiger partial charge in [-0.2, -0.15) is 10.1 Å². The molecule has 0 saturated heterocycles. The highest BCUT2D eigenvalue weighted by Gasteiger charge is 2.15. The van der Waals surface area contributed by atoms with Gasteiger partial charge in [-0.1, -0.05) is 11.6 Å². The molecule has 0 amide bonds. The number of hydrazone groups is 1. The van der Waals surface area contributed by atoms with E-state index in [1.165, 1.54) is 37.8 Å². The number of anilines is 6. The largest absolute Gasteiger partial charge is 0.497 e. The SMILES string of the molecule is COc1ccc(Nc2nc(Nc3cc(N4C=NNN4)ccc3F)ncc2Cl)c(NS(C)(=O)=O)c1. The molecule has 1 aromatic heterocycles. The summed E-state index contributed by atoms with van der Waals surface area (Å²) in [7, 11) is -2.12. The number of hydrogen-bond donors (Lipinski definition) is 5. The molecule has 0 aliphatic carbocycles. The molecule has 0 fully saturated rings. The lowest BCUT2D eigenvalue weighted by Gasteiger charge is -2.16. The normalized spacial score (nSPS) is 12.9. The summed E-state index contributed by atoms with van der Waals surface area (Å²) in [5, 5.41) is 11.3. The van der Waals surface area contributed by atoms with Gasteiger partial charge in [0.25, 0.3) is 0 Å². The number of ether oxygens (including phenoxy) is 1. The van der Waals surface area contributed by atoms with E-state index in [0.29, 0.717) is 17.1 Å². The van der Waals surface area contributed by atoms with Gasteiger partial charge in [-0.15, -0.1) is 5.53 Å². The first-order chi connectivity index (χ1) is 16.2. The predicted molar refractivity (Wildman–Crippen MR) is 129 cm³/mol. The van der Waals surface area contributed by atoms with Gasteiger partial charge >= 0.3 is 0 Å². The zero-order valence-corrected chi connectivity index (χ0v) is 19.4. The van der Waals surface area contributed by atoms with Crippen LogP contribution in [0.4, 0.5) is 38.9 Å². The van der Waals surface area contributed by atoms with E-state index < -0.39 is 15.8 Å². The Labute approximate surface area is 199 Å². The zero-order valence-electron chi connectivity index (χ0n) is 17.8. The van der Waals surface area contributed by atoms with Gasteiger partial charge in [-0.25, -0.2) is 28.3 Å². The van der Waals surface area contributed by atoms with Crippen LogP contribution >= 0.6 is 11.6 Å². The van der Waals surface area contributed by atoms with Crippen molar-refractivity contribution in [3.8, 4) is 5.75 Å². The number of hydrogen-bond acceptors (Lipinski definition) is 11. The summed E-state index contributed by atoms with van der Waals surface area (Å²) in [5.41, 5.74) is 6.59. The molecule has 2 heterocycles. The van der Waals surface area contributed by atoms with Gasteiger partial charge in [-0.3, -0.25) is 4.72 Å².